The van der Waals surface area contributed by atoms with Crippen molar-refractivity contribution in [3.05, 3.63) is 46.0 Å². The van der Waals surface area contributed by atoms with E-state index in [1.54, 1.807) is 13.8 Å². The Balaban J connectivity index is 1.34. The number of fused-ring (bicyclic) bond motifs is 7. The van der Waals surface area contributed by atoms with Gasteiger partial charge in [0.15, 0.2) is 5.78 Å². The molecule has 9 nitrogen and oxygen atoms in total. The second-order valence-electron chi connectivity index (χ2n) is 22.3. The van der Waals surface area contributed by atoms with Crippen LogP contribution >= 0.6 is 11.6 Å². The molecule has 1 aromatic carbocycles. The fourth-order valence-electron chi connectivity index (χ4n) is 14.1. The number of benzene rings is 1. The molecule has 334 valence electrons. The first-order valence-electron chi connectivity index (χ1n) is 22.8. The summed E-state index contributed by atoms with van der Waals surface area (Å²) < 4.78 is 12.7. The smallest absolute Gasteiger partial charge is 0.309 e. The van der Waals surface area contributed by atoms with Gasteiger partial charge in [-0.15, -0.1) is 0 Å². The van der Waals surface area contributed by atoms with E-state index in [4.69, 9.17) is 21.1 Å². The number of likely N-dealkylation sites (N-methyl/N-ethyl adjacent to an activating group) is 1. The molecule has 60 heavy (non-hydrogen) atoms. The van der Waals surface area contributed by atoms with Gasteiger partial charge in [0.1, 0.15) is 12.2 Å². The van der Waals surface area contributed by atoms with E-state index in [0.29, 0.717) is 36.4 Å². The van der Waals surface area contributed by atoms with Crippen molar-refractivity contribution in [3.63, 3.8) is 0 Å². The molecular weight excluding hydrogens is 776 g/mol. The Labute approximate surface area is 365 Å². The van der Waals surface area contributed by atoms with Gasteiger partial charge in [0, 0.05) is 55.4 Å². The highest BCUT2D eigenvalue weighted by Gasteiger charge is 2.71. The van der Waals surface area contributed by atoms with Gasteiger partial charge in [-0.1, -0.05) is 78.3 Å². The molecule has 0 aliphatic heterocycles. The van der Waals surface area contributed by atoms with Crippen LogP contribution in [0.1, 0.15) is 139 Å². The van der Waals surface area contributed by atoms with E-state index >= 15 is 0 Å². The van der Waals surface area contributed by atoms with Crippen LogP contribution in [-0.4, -0.2) is 84.5 Å². The molecule has 1 aromatic rings. The molecule has 0 bridgehead atoms. The van der Waals surface area contributed by atoms with Gasteiger partial charge < -0.3 is 19.5 Å². The van der Waals surface area contributed by atoms with E-state index in [1.165, 1.54) is 12.5 Å². The summed E-state index contributed by atoms with van der Waals surface area (Å²) in [6.45, 7) is 23.9. The first kappa shape index (κ1) is 46.7. The number of halogens is 1. The third-order valence-corrected chi connectivity index (χ3v) is 17.8. The second-order valence-corrected chi connectivity index (χ2v) is 22.7. The fraction of sp³-hybridized carbons (Fsp3) is 0.760. The molecule has 0 spiro atoms. The van der Waals surface area contributed by atoms with Crippen LogP contribution in [0.2, 0.25) is 5.02 Å². The monoisotopic (exact) mass is 851 g/mol. The molecule has 10 heteroatoms. The first-order valence-corrected chi connectivity index (χ1v) is 23.2. The largest absolute Gasteiger partial charge is 0.481 e. The molecule has 0 heterocycles. The third kappa shape index (κ3) is 8.04. The first-order chi connectivity index (χ1) is 27.8. The zero-order valence-corrected chi connectivity index (χ0v) is 39.6. The molecule has 6 rings (SSSR count). The van der Waals surface area contributed by atoms with Crippen LogP contribution in [0, 0.1) is 56.2 Å². The van der Waals surface area contributed by atoms with Crippen molar-refractivity contribution in [1.29, 1.82) is 0 Å². The SMILES string of the molecule is CC(=O)O[C@H](CN(CCN(C)C)Cc1ccccc1Cl)[C@@]12CC[C@]3(C)[C@H](CC[C@@H]4[C@@]5(C)CC[C@H](OC(=O)CC(C)(C)C(=O)O)C(C)(C)C5CC[C@]43C)C1=C(C(C)C)C(=O)C2. The summed E-state index contributed by atoms with van der Waals surface area (Å²) in [6, 6.07) is 7.95. The molecule has 1 N–H and O–H groups in total. The number of aliphatic carboxylic acids is 1. The summed E-state index contributed by atoms with van der Waals surface area (Å²) in [5, 5.41) is 10.4. The van der Waals surface area contributed by atoms with Gasteiger partial charge in [-0.25, -0.2) is 0 Å². The maximum atomic E-state index is 14.6. The average Bonchev–Trinajstić information content (AvgIpc) is 3.45. The minimum atomic E-state index is -1.18. The normalized spacial score (nSPS) is 34.2. The molecule has 4 fully saturated rings. The number of esters is 2. The van der Waals surface area contributed by atoms with Gasteiger partial charge in [-0.3, -0.25) is 24.1 Å². The minimum absolute atomic E-state index is 0.00209. The van der Waals surface area contributed by atoms with Crippen molar-refractivity contribution in [2.45, 2.75) is 152 Å². The van der Waals surface area contributed by atoms with Crippen LogP contribution in [0.4, 0.5) is 0 Å². The molecule has 1 unspecified atom stereocenters. The number of carbonyl (C=O) groups is 4. The third-order valence-electron chi connectivity index (χ3n) is 17.4. The van der Waals surface area contributed by atoms with Gasteiger partial charge in [0.25, 0.3) is 0 Å². The van der Waals surface area contributed by atoms with Crippen molar-refractivity contribution in [1.82, 2.24) is 9.80 Å². The van der Waals surface area contributed by atoms with E-state index in [2.05, 4.69) is 78.4 Å². The summed E-state index contributed by atoms with van der Waals surface area (Å²) in [7, 11) is 4.14. The van der Waals surface area contributed by atoms with Gasteiger partial charge >= 0.3 is 17.9 Å². The van der Waals surface area contributed by atoms with E-state index in [9.17, 15) is 24.3 Å². The van der Waals surface area contributed by atoms with Gasteiger partial charge in [-0.2, -0.15) is 0 Å². The summed E-state index contributed by atoms with van der Waals surface area (Å²) in [4.78, 5) is 57.4. The number of hydrogen-bond acceptors (Lipinski definition) is 8. The lowest BCUT2D eigenvalue weighted by molar-refractivity contribution is -0.235. The molecule has 9 atom stereocenters. The number of nitrogens with zero attached hydrogens (tertiary/aromatic N) is 2. The van der Waals surface area contributed by atoms with Crippen LogP contribution in [0.25, 0.3) is 0 Å². The highest BCUT2D eigenvalue weighted by molar-refractivity contribution is 6.31. The Morgan fingerprint density at radius 1 is 0.917 bits per heavy atom. The lowest BCUT2D eigenvalue weighted by Crippen LogP contribution is -2.66. The fourth-order valence-corrected chi connectivity index (χ4v) is 14.3. The Kier molecular flexibility index (Phi) is 13.0. The number of Topliss-reactive ketones (excluding diaryl/α,β-unsaturated/α-hetero) is 1. The molecule has 5 aliphatic rings. The second kappa shape index (κ2) is 16.7. The summed E-state index contributed by atoms with van der Waals surface area (Å²) in [5.41, 5.74) is 1.21. The number of allylic oxidation sites excluding steroid dienone is 1. The zero-order valence-electron chi connectivity index (χ0n) is 38.8. The van der Waals surface area contributed by atoms with Crippen molar-refractivity contribution in [3.8, 4) is 0 Å². The maximum absolute atomic E-state index is 14.6. The van der Waals surface area contributed by atoms with Crippen molar-refractivity contribution in [2.75, 3.05) is 33.7 Å². The Morgan fingerprint density at radius 2 is 1.60 bits per heavy atom. The molecule has 0 saturated heterocycles. The molecule has 0 radical (unpaired) electrons. The molecule has 4 saturated carbocycles. The number of rotatable bonds is 14. The van der Waals surface area contributed by atoms with Gasteiger partial charge in [-0.05, 0) is 142 Å². The lowest BCUT2D eigenvalue weighted by Gasteiger charge is -2.72. The average molecular weight is 852 g/mol. The van der Waals surface area contributed by atoms with E-state index in [1.807, 2.05) is 18.2 Å². The van der Waals surface area contributed by atoms with E-state index in [-0.39, 0.29) is 57.8 Å². The number of hydrogen-bond donors (Lipinski definition) is 1. The van der Waals surface area contributed by atoms with Crippen LogP contribution in [-0.2, 0) is 35.2 Å². The van der Waals surface area contributed by atoms with Crippen molar-refractivity contribution in [2.24, 2.45) is 56.2 Å². The van der Waals surface area contributed by atoms with Crippen LogP contribution in [0.15, 0.2) is 35.4 Å². The maximum Gasteiger partial charge on any atom is 0.309 e. The number of carbonyl (C=O) groups excluding carboxylic acids is 3. The number of ketones is 1. The predicted octanol–water partition coefficient (Wildman–Crippen LogP) is 10.0. The molecule has 5 aliphatic carbocycles. The Bertz CT molecular complexity index is 1870. The molecule has 0 aromatic heterocycles. The zero-order chi connectivity index (χ0) is 44.4. The topological polar surface area (TPSA) is 113 Å². The Morgan fingerprint density at radius 3 is 2.22 bits per heavy atom. The molecule has 0 amide bonds. The van der Waals surface area contributed by atoms with Crippen molar-refractivity contribution >= 4 is 35.3 Å². The van der Waals surface area contributed by atoms with Gasteiger partial charge in [0.2, 0.25) is 0 Å². The standard InChI is InChI=1S/C50H75ClN2O7/c1-31(2)42-36(55)27-50(40(59-32(3)54)30-53(26-25-52(11)12)29-33-15-13-14-16-35(33)51)24-23-48(9)34(43(42)50)17-18-38-47(8)21-20-39(60-41(56)28-45(4,5)44(57)58)46(6,7)37(47)19-22-49(38,48)10/h13-16,31,34,37-40H,17-30H2,1-12H3,(H,57,58)/t34-,37?,38-,39+,40-,47+,48-,49-,50+/m1/s1. The van der Waals surface area contributed by atoms with Crippen LogP contribution in [0.5, 0.6) is 0 Å². The number of carboxylic acid groups (broad SMARTS) is 1. The lowest BCUT2D eigenvalue weighted by atomic mass is 9.33. The summed E-state index contributed by atoms with van der Waals surface area (Å²) >= 11 is 6.74. The number of ether oxygens (including phenoxy) is 2. The molecular formula is C50H75ClN2O7. The highest BCUT2D eigenvalue weighted by Crippen LogP contribution is 2.77. The Hall–Kier alpha value is -2.75. The summed E-state index contributed by atoms with van der Waals surface area (Å²) in [6.07, 6.45) is 7.04. The van der Waals surface area contributed by atoms with Crippen molar-refractivity contribution < 1.29 is 33.8 Å². The van der Waals surface area contributed by atoms with Crippen LogP contribution in [0.3, 0.4) is 0 Å². The van der Waals surface area contributed by atoms with Crippen LogP contribution < -0.4 is 0 Å². The van der Waals surface area contributed by atoms with E-state index in [0.717, 1.165) is 75.6 Å². The quantitative estimate of drug-likeness (QED) is 0.183. The van der Waals surface area contributed by atoms with Gasteiger partial charge in [0.05, 0.1) is 11.8 Å². The highest BCUT2D eigenvalue weighted by atomic mass is 35.5. The summed E-state index contributed by atoms with van der Waals surface area (Å²) in [5.74, 6) is -0.492. The minimum Gasteiger partial charge on any atom is -0.481 e. The van der Waals surface area contributed by atoms with E-state index < -0.39 is 28.9 Å². The number of carboxylic acids is 1. The predicted molar refractivity (Wildman–Crippen MR) is 236 cm³/mol.